The SMILES string of the molecule is CC(Oc1cc(-n2cnc3cnc(CN4CCN(C)CC4)cc32)sc1C(N)=O)c1ccc(F)cc1C(F)(F)F. The Morgan fingerprint density at radius 1 is 1.15 bits per heavy atom. The summed E-state index contributed by atoms with van der Waals surface area (Å²) in [4.78, 5) is 25.8. The summed E-state index contributed by atoms with van der Waals surface area (Å²) < 4.78 is 61.8. The van der Waals surface area contributed by atoms with Crippen molar-refractivity contribution in [3.63, 3.8) is 0 Å². The Balaban J connectivity index is 1.45. The molecule has 1 atom stereocenters. The number of imidazole rings is 1. The Hall–Kier alpha value is -3.55. The summed E-state index contributed by atoms with van der Waals surface area (Å²) in [5.41, 5.74) is 6.43. The molecule has 2 N–H and O–H groups in total. The van der Waals surface area contributed by atoms with Gasteiger partial charge in [-0.1, -0.05) is 6.07 Å². The second kappa shape index (κ2) is 10.5. The number of nitrogens with zero attached hydrogens (tertiary/aromatic N) is 5. The van der Waals surface area contributed by atoms with Crippen LogP contribution in [0.15, 0.2) is 42.9 Å². The molecule has 39 heavy (non-hydrogen) atoms. The minimum Gasteiger partial charge on any atom is -0.484 e. The molecule has 13 heteroatoms. The van der Waals surface area contributed by atoms with Crippen molar-refractivity contribution in [2.45, 2.75) is 25.7 Å². The summed E-state index contributed by atoms with van der Waals surface area (Å²) in [7, 11) is 2.09. The number of amides is 1. The summed E-state index contributed by atoms with van der Waals surface area (Å²) in [6, 6.07) is 5.86. The van der Waals surface area contributed by atoms with Crippen molar-refractivity contribution in [3.8, 4) is 10.8 Å². The molecule has 1 aliphatic rings. The van der Waals surface area contributed by atoms with E-state index in [1.165, 1.54) is 6.92 Å². The number of rotatable bonds is 7. The van der Waals surface area contributed by atoms with Crippen LogP contribution in [0.2, 0.25) is 0 Å². The number of hydrogen-bond acceptors (Lipinski definition) is 7. The lowest BCUT2D eigenvalue weighted by molar-refractivity contribution is -0.139. The van der Waals surface area contributed by atoms with Gasteiger partial charge in [0.1, 0.15) is 39.4 Å². The van der Waals surface area contributed by atoms with E-state index in [0.717, 1.165) is 60.9 Å². The van der Waals surface area contributed by atoms with E-state index in [9.17, 15) is 22.4 Å². The van der Waals surface area contributed by atoms with Gasteiger partial charge in [0.2, 0.25) is 0 Å². The van der Waals surface area contributed by atoms with Gasteiger partial charge in [-0.15, -0.1) is 11.3 Å². The number of benzene rings is 1. The van der Waals surface area contributed by atoms with Gasteiger partial charge in [-0.2, -0.15) is 13.2 Å². The molecule has 0 aliphatic carbocycles. The number of thiophene rings is 1. The van der Waals surface area contributed by atoms with E-state index in [0.29, 0.717) is 23.1 Å². The molecule has 1 unspecified atom stereocenters. The van der Waals surface area contributed by atoms with Gasteiger partial charge in [-0.25, -0.2) is 9.37 Å². The quantitative estimate of drug-likeness (QED) is 0.331. The summed E-state index contributed by atoms with van der Waals surface area (Å²) in [5.74, 6) is -1.77. The molecule has 1 amide bonds. The number of carbonyl (C=O) groups excluding carboxylic acids is 1. The molecule has 1 aromatic carbocycles. The van der Waals surface area contributed by atoms with Crippen LogP contribution in [0.4, 0.5) is 17.6 Å². The van der Waals surface area contributed by atoms with Crippen molar-refractivity contribution >= 4 is 28.3 Å². The fourth-order valence-electron chi connectivity index (χ4n) is 4.57. The van der Waals surface area contributed by atoms with Crippen molar-refractivity contribution in [1.82, 2.24) is 24.3 Å². The number of ether oxygens (including phenoxy) is 1. The van der Waals surface area contributed by atoms with E-state index >= 15 is 0 Å². The topological polar surface area (TPSA) is 89.5 Å². The largest absolute Gasteiger partial charge is 0.484 e. The molecule has 1 saturated heterocycles. The van der Waals surface area contributed by atoms with Crippen molar-refractivity contribution < 1.29 is 27.1 Å². The molecule has 1 fully saturated rings. The fraction of sp³-hybridized carbons (Fsp3) is 0.346. The first-order valence-corrected chi connectivity index (χ1v) is 13.0. The number of primary amides is 1. The van der Waals surface area contributed by atoms with E-state index in [1.54, 1.807) is 23.2 Å². The van der Waals surface area contributed by atoms with E-state index in [2.05, 4.69) is 26.8 Å². The second-order valence-electron chi connectivity index (χ2n) is 9.49. The van der Waals surface area contributed by atoms with E-state index in [1.807, 2.05) is 6.07 Å². The van der Waals surface area contributed by atoms with Gasteiger partial charge in [0, 0.05) is 44.4 Å². The maximum atomic E-state index is 13.6. The Morgan fingerprint density at radius 3 is 2.59 bits per heavy atom. The lowest BCUT2D eigenvalue weighted by Crippen LogP contribution is -2.44. The Morgan fingerprint density at radius 2 is 1.90 bits per heavy atom. The number of alkyl halides is 3. The van der Waals surface area contributed by atoms with Gasteiger partial charge in [0.05, 0.1) is 23.0 Å². The van der Waals surface area contributed by atoms with Crippen LogP contribution in [0.25, 0.3) is 16.0 Å². The zero-order valence-electron chi connectivity index (χ0n) is 21.2. The minimum atomic E-state index is -4.78. The summed E-state index contributed by atoms with van der Waals surface area (Å²) >= 11 is 1.04. The fourth-order valence-corrected chi connectivity index (χ4v) is 5.50. The standard InChI is InChI=1S/C26H26F4N6O2S/c1-15(18-4-3-16(27)9-19(18)26(28,29)30)38-22-11-23(39-24(22)25(31)37)36-14-33-20-12-32-17(10-21(20)36)13-35-7-5-34(2)6-8-35/h3-4,9-12,14-15H,5-8,13H2,1-2H3,(H2,31,37). The number of piperazine rings is 1. The van der Waals surface area contributed by atoms with Crippen LogP contribution in [-0.4, -0.2) is 63.5 Å². The third kappa shape index (κ3) is 5.75. The average Bonchev–Trinajstić information content (AvgIpc) is 3.48. The molecule has 0 saturated carbocycles. The first kappa shape index (κ1) is 27.0. The first-order chi connectivity index (χ1) is 18.5. The highest BCUT2D eigenvalue weighted by Gasteiger charge is 2.36. The molecular formula is C26H26F4N6O2S. The molecule has 8 nitrogen and oxygen atoms in total. The maximum Gasteiger partial charge on any atom is 0.416 e. The molecule has 5 rings (SSSR count). The third-order valence-electron chi connectivity index (χ3n) is 6.68. The number of halogens is 4. The third-order valence-corrected chi connectivity index (χ3v) is 7.81. The number of aromatic nitrogens is 3. The molecule has 4 aromatic rings. The van der Waals surface area contributed by atoms with Crippen LogP contribution in [0.1, 0.15) is 39.5 Å². The van der Waals surface area contributed by atoms with Gasteiger partial charge in [-0.05, 0) is 32.2 Å². The highest BCUT2D eigenvalue weighted by atomic mass is 32.1. The minimum absolute atomic E-state index is 0.0287. The monoisotopic (exact) mass is 562 g/mol. The Labute approximate surface area is 225 Å². The molecule has 0 radical (unpaired) electrons. The molecule has 4 heterocycles. The molecule has 3 aromatic heterocycles. The van der Waals surface area contributed by atoms with Crippen LogP contribution in [0.3, 0.4) is 0 Å². The molecule has 206 valence electrons. The predicted octanol–water partition coefficient (Wildman–Crippen LogP) is 4.63. The Bertz CT molecular complexity index is 1510. The summed E-state index contributed by atoms with van der Waals surface area (Å²) in [6.45, 7) is 5.91. The number of hydrogen-bond donors (Lipinski definition) is 1. The van der Waals surface area contributed by atoms with Crippen molar-refractivity contribution in [1.29, 1.82) is 0 Å². The molecule has 0 spiro atoms. The first-order valence-electron chi connectivity index (χ1n) is 12.2. The van der Waals surface area contributed by atoms with Gasteiger partial charge < -0.3 is 15.4 Å². The van der Waals surface area contributed by atoms with E-state index in [-0.39, 0.29) is 16.2 Å². The van der Waals surface area contributed by atoms with Crippen LogP contribution >= 0.6 is 11.3 Å². The average molecular weight is 563 g/mol. The Kier molecular flexibility index (Phi) is 7.31. The zero-order chi connectivity index (χ0) is 27.9. The van der Waals surface area contributed by atoms with Gasteiger partial charge in [0.25, 0.3) is 5.91 Å². The summed E-state index contributed by atoms with van der Waals surface area (Å²) in [5, 5.41) is 0.542. The number of nitrogens with two attached hydrogens (primary N) is 1. The zero-order valence-corrected chi connectivity index (χ0v) is 22.0. The van der Waals surface area contributed by atoms with Crippen LogP contribution in [0.5, 0.6) is 5.75 Å². The maximum absolute atomic E-state index is 13.6. The van der Waals surface area contributed by atoms with Gasteiger partial charge >= 0.3 is 6.18 Å². The van der Waals surface area contributed by atoms with Crippen LogP contribution < -0.4 is 10.5 Å². The highest BCUT2D eigenvalue weighted by Crippen LogP contribution is 2.39. The normalized spacial score (nSPS) is 16.1. The van der Waals surface area contributed by atoms with E-state index < -0.39 is 29.6 Å². The number of likely N-dealkylation sites (N-methyl/N-ethyl adjacent to an activating group) is 1. The molecular weight excluding hydrogens is 536 g/mol. The van der Waals surface area contributed by atoms with Crippen molar-refractivity contribution in [3.05, 3.63) is 70.4 Å². The molecule has 1 aliphatic heterocycles. The lowest BCUT2D eigenvalue weighted by atomic mass is 10.0. The number of fused-ring (bicyclic) bond motifs is 1. The van der Waals surface area contributed by atoms with Gasteiger partial charge in [-0.3, -0.25) is 19.2 Å². The van der Waals surface area contributed by atoms with Crippen molar-refractivity contribution in [2.24, 2.45) is 5.73 Å². The smallest absolute Gasteiger partial charge is 0.416 e. The lowest BCUT2D eigenvalue weighted by Gasteiger charge is -2.32. The number of pyridine rings is 1. The number of carbonyl (C=O) groups is 1. The van der Waals surface area contributed by atoms with Gasteiger partial charge in [0.15, 0.2) is 0 Å². The van der Waals surface area contributed by atoms with E-state index in [4.69, 9.17) is 10.5 Å². The van der Waals surface area contributed by atoms with Crippen molar-refractivity contribution in [2.75, 3.05) is 33.2 Å². The predicted molar refractivity (Wildman–Crippen MR) is 138 cm³/mol. The molecule has 0 bridgehead atoms. The highest BCUT2D eigenvalue weighted by molar-refractivity contribution is 7.16. The van der Waals surface area contributed by atoms with Crippen LogP contribution in [-0.2, 0) is 12.7 Å². The summed E-state index contributed by atoms with van der Waals surface area (Å²) in [6.07, 6.45) is -2.67. The second-order valence-corrected chi connectivity index (χ2v) is 10.5. The van der Waals surface area contributed by atoms with Crippen LogP contribution in [0, 0.1) is 5.82 Å².